The summed E-state index contributed by atoms with van der Waals surface area (Å²) in [6, 6.07) is 2.14. The van der Waals surface area contributed by atoms with Crippen LogP contribution in [0.1, 0.15) is 44.7 Å². The van der Waals surface area contributed by atoms with Crippen molar-refractivity contribution in [1.82, 2.24) is 19.5 Å². The van der Waals surface area contributed by atoms with E-state index in [9.17, 15) is 0 Å². The van der Waals surface area contributed by atoms with Gasteiger partial charge in [-0.3, -0.25) is 0 Å². The lowest BCUT2D eigenvalue weighted by Crippen LogP contribution is -2.54. The van der Waals surface area contributed by atoms with Crippen molar-refractivity contribution in [2.45, 2.75) is 44.6 Å². The largest absolute Gasteiger partial charge is 0.366 e. The lowest BCUT2D eigenvalue weighted by atomic mass is 9.75. The van der Waals surface area contributed by atoms with Gasteiger partial charge in [-0.15, -0.1) is 0 Å². The molecule has 0 aliphatic heterocycles. The second kappa shape index (κ2) is 5.30. The van der Waals surface area contributed by atoms with E-state index >= 15 is 0 Å². The van der Waals surface area contributed by atoms with Crippen molar-refractivity contribution < 1.29 is 0 Å². The van der Waals surface area contributed by atoms with Gasteiger partial charge in [0.2, 0.25) is 0 Å². The van der Waals surface area contributed by atoms with Gasteiger partial charge in [0, 0.05) is 24.5 Å². The zero-order valence-electron chi connectivity index (χ0n) is 13.4. The van der Waals surface area contributed by atoms with Crippen LogP contribution in [0.2, 0.25) is 0 Å². The topological polar surface area (TPSA) is 45.5 Å². The summed E-state index contributed by atoms with van der Waals surface area (Å²) in [7, 11) is 4.34. The number of likely N-dealkylation sites (N-methyl/N-ethyl adjacent to an activating group) is 1. The molecule has 1 aliphatic rings. The third-order valence-corrected chi connectivity index (χ3v) is 4.82. The van der Waals surface area contributed by atoms with E-state index in [-0.39, 0.29) is 5.54 Å². The Morgan fingerprint density at radius 1 is 1.38 bits per heavy atom. The monoisotopic (exact) mass is 287 g/mol. The average Bonchev–Trinajstić information content (AvgIpc) is 2.81. The quantitative estimate of drug-likeness (QED) is 0.918. The number of anilines is 1. The maximum absolute atomic E-state index is 4.61. The number of rotatable bonds is 5. The fraction of sp³-hybridized carbons (Fsp3) is 0.625. The van der Waals surface area contributed by atoms with Crippen molar-refractivity contribution in [3.8, 4) is 0 Å². The van der Waals surface area contributed by atoms with Gasteiger partial charge >= 0.3 is 0 Å². The standard InChI is InChI=1S/C16H25N5/c1-12(2)13-10-14-15(17-8-9-21(14)19-13)18-11-16(20(3)4)6-5-7-16/h8-10,12H,5-7,11H2,1-4H3,(H,17,18). The maximum atomic E-state index is 4.61. The fourth-order valence-corrected chi connectivity index (χ4v) is 2.97. The second-order valence-electron chi connectivity index (χ2n) is 6.66. The van der Waals surface area contributed by atoms with Crippen molar-refractivity contribution in [2.75, 3.05) is 26.0 Å². The number of nitrogens with zero attached hydrogens (tertiary/aromatic N) is 4. The number of fused-ring (bicyclic) bond motifs is 1. The summed E-state index contributed by atoms with van der Waals surface area (Å²) in [4.78, 5) is 6.86. The zero-order valence-corrected chi connectivity index (χ0v) is 13.4. The minimum Gasteiger partial charge on any atom is -0.366 e. The molecule has 0 unspecified atom stereocenters. The van der Waals surface area contributed by atoms with Crippen LogP contribution in [0.4, 0.5) is 5.82 Å². The normalized spacial score (nSPS) is 17.4. The zero-order chi connectivity index (χ0) is 15.0. The molecule has 2 aromatic rings. The first kappa shape index (κ1) is 14.3. The van der Waals surface area contributed by atoms with Crippen LogP contribution in [0.25, 0.3) is 5.52 Å². The van der Waals surface area contributed by atoms with Gasteiger partial charge in [-0.2, -0.15) is 5.10 Å². The van der Waals surface area contributed by atoms with E-state index in [0.29, 0.717) is 5.92 Å². The number of hydrogen-bond donors (Lipinski definition) is 1. The van der Waals surface area contributed by atoms with Gasteiger partial charge in [0.1, 0.15) is 5.52 Å². The predicted molar refractivity (Wildman–Crippen MR) is 85.8 cm³/mol. The van der Waals surface area contributed by atoms with E-state index < -0.39 is 0 Å². The SMILES string of the molecule is CC(C)c1cc2c(NCC3(N(C)C)CCC3)nccn2n1. The molecule has 1 saturated carbocycles. The Balaban J connectivity index is 1.84. The Kier molecular flexibility index (Phi) is 3.61. The molecule has 0 spiro atoms. The molecule has 2 aromatic heterocycles. The summed E-state index contributed by atoms with van der Waals surface area (Å²) in [5.74, 6) is 1.36. The second-order valence-corrected chi connectivity index (χ2v) is 6.66. The van der Waals surface area contributed by atoms with Gasteiger partial charge in [-0.1, -0.05) is 13.8 Å². The van der Waals surface area contributed by atoms with Crippen LogP contribution in [0, 0.1) is 0 Å². The highest BCUT2D eigenvalue weighted by molar-refractivity contribution is 5.68. The maximum Gasteiger partial charge on any atom is 0.152 e. The van der Waals surface area contributed by atoms with E-state index in [1.54, 1.807) is 0 Å². The summed E-state index contributed by atoms with van der Waals surface area (Å²) in [6.07, 6.45) is 7.56. The summed E-state index contributed by atoms with van der Waals surface area (Å²) in [5.41, 5.74) is 2.46. The molecule has 114 valence electrons. The van der Waals surface area contributed by atoms with E-state index in [0.717, 1.165) is 23.6 Å². The summed E-state index contributed by atoms with van der Waals surface area (Å²) in [6.45, 7) is 5.27. The molecule has 1 fully saturated rings. The van der Waals surface area contributed by atoms with Crippen molar-refractivity contribution in [2.24, 2.45) is 0 Å². The van der Waals surface area contributed by atoms with E-state index in [1.807, 2.05) is 16.9 Å². The van der Waals surface area contributed by atoms with Gasteiger partial charge in [0.25, 0.3) is 0 Å². The Morgan fingerprint density at radius 2 is 2.14 bits per heavy atom. The highest BCUT2D eigenvalue weighted by Crippen LogP contribution is 2.36. The van der Waals surface area contributed by atoms with Crippen molar-refractivity contribution >= 4 is 11.3 Å². The van der Waals surface area contributed by atoms with Crippen LogP contribution in [-0.4, -0.2) is 45.7 Å². The lowest BCUT2D eigenvalue weighted by molar-refractivity contribution is 0.0738. The molecule has 0 saturated heterocycles. The first-order chi connectivity index (χ1) is 10.0. The first-order valence-corrected chi connectivity index (χ1v) is 7.77. The van der Waals surface area contributed by atoms with Crippen LogP contribution in [0.5, 0.6) is 0 Å². The van der Waals surface area contributed by atoms with E-state index in [4.69, 9.17) is 0 Å². The number of hydrogen-bond acceptors (Lipinski definition) is 4. The fourth-order valence-electron chi connectivity index (χ4n) is 2.97. The van der Waals surface area contributed by atoms with Crippen molar-refractivity contribution in [3.05, 3.63) is 24.2 Å². The van der Waals surface area contributed by atoms with Crippen LogP contribution < -0.4 is 5.32 Å². The molecule has 5 heteroatoms. The highest BCUT2D eigenvalue weighted by atomic mass is 15.2. The van der Waals surface area contributed by atoms with Gasteiger partial charge in [-0.25, -0.2) is 9.50 Å². The lowest BCUT2D eigenvalue weighted by Gasteiger charge is -2.47. The third-order valence-electron chi connectivity index (χ3n) is 4.82. The van der Waals surface area contributed by atoms with Crippen LogP contribution >= 0.6 is 0 Å². The summed E-state index contributed by atoms with van der Waals surface area (Å²) in [5, 5.41) is 8.16. The Labute approximate surface area is 126 Å². The smallest absolute Gasteiger partial charge is 0.152 e. The van der Waals surface area contributed by atoms with Crippen LogP contribution in [-0.2, 0) is 0 Å². The van der Waals surface area contributed by atoms with E-state index in [2.05, 4.69) is 54.3 Å². The molecule has 21 heavy (non-hydrogen) atoms. The van der Waals surface area contributed by atoms with E-state index in [1.165, 1.54) is 19.3 Å². The molecule has 0 radical (unpaired) electrons. The average molecular weight is 287 g/mol. The molecule has 2 heterocycles. The van der Waals surface area contributed by atoms with Gasteiger partial charge < -0.3 is 10.2 Å². The van der Waals surface area contributed by atoms with Crippen LogP contribution in [0.15, 0.2) is 18.5 Å². The molecule has 0 atom stereocenters. The van der Waals surface area contributed by atoms with Crippen molar-refractivity contribution in [1.29, 1.82) is 0 Å². The molecule has 1 aliphatic carbocycles. The third kappa shape index (κ3) is 2.50. The number of aromatic nitrogens is 3. The molecular weight excluding hydrogens is 262 g/mol. The van der Waals surface area contributed by atoms with Crippen LogP contribution in [0.3, 0.4) is 0 Å². The Hall–Kier alpha value is -1.62. The minimum absolute atomic E-state index is 0.287. The molecule has 3 rings (SSSR count). The minimum atomic E-state index is 0.287. The predicted octanol–water partition coefficient (Wildman–Crippen LogP) is 2.75. The summed E-state index contributed by atoms with van der Waals surface area (Å²) < 4.78 is 1.92. The highest BCUT2D eigenvalue weighted by Gasteiger charge is 2.38. The van der Waals surface area contributed by atoms with Gasteiger partial charge in [-0.05, 0) is 45.3 Å². The molecule has 5 nitrogen and oxygen atoms in total. The number of nitrogens with one attached hydrogen (secondary N) is 1. The van der Waals surface area contributed by atoms with Gasteiger partial charge in [0.05, 0.1) is 5.69 Å². The molecular formula is C16H25N5. The Bertz CT molecular complexity index is 625. The first-order valence-electron chi connectivity index (χ1n) is 7.77. The summed E-state index contributed by atoms with van der Waals surface area (Å²) >= 11 is 0. The molecule has 0 amide bonds. The molecule has 0 bridgehead atoms. The Morgan fingerprint density at radius 3 is 2.71 bits per heavy atom. The molecule has 1 N–H and O–H groups in total. The van der Waals surface area contributed by atoms with Crippen molar-refractivity contribution in [3.63, 3.8) is 0 Å². The van der Waals surface area contributed by atoms with Gasteiger partial charge in [0.15, 0.2) is 5.82 Å². The molecule has 0 aromatic carbocycles.